The summed E-state index contributed by atoms with van der Waals surface area (Å²) in [5.41, 5.74) is 3.42. The van der Waals surface area contributed by atoms with Crippen molar-refractivity contribution < 1.29 is 9.53 Å². The molecule has 1 aliphatic heterocycles. The maximum absolute atomic E-state index is 12.5. The smallest absolute Gasteiger partial charge is 0.223 e. The fourth-order valence-electron chi connectivity index (χ4n) is 3.59. The van der Waals surface area contributed by atoms with Gasteiger partial charge in [-0.05, 0) is 74.7 Å². The summed E-state index contributed by atoms with van der Waals surface area (Å²) in [6.07, 6.45) is 1.73. The van der Waals surface area contributed by atoms with Crippen molar-refractivity contribution in [1.82, 2.24) is 10.2 Å². The fourth-order valence-corrected chi connectivity index (χ4v) is 3.91. The Morgan fingerprint density at radius 3 is 2.59 bits per heavy atom. The van der Waals surface area contributed by atoms with E-state index in [0.29, 0.717) is 23.2 Å². The zero-order valence-corrected chi connectivity index (χ0v) is 18.5. The molecule has 3 rings (SSSR count). The van der Waals surface area contributed by atoms with Crippen LogP contribution in [0.25, 0.3) is 0 Å². The zero-order chi connectivity index (χ0) is 20.8. The number of aryl methyl sites for hydroxylation is 2. The van der Waals surface area contributed by atoms with Gasteiger partial charge in [-0.2, -0.15) is 0 Å². The van der Waals surface area contributed by atoms with Crippen LogP contribution in [0.1, 0.15) is 29.5 Å². The Morgan fingerprint density at radius 1 is 1.10 bits per heavy atom. The summed E-state index contributed by atoms with van der Waals surface area (Å²) >= 11 is 12.1. The fraction of sp³-hybridized carbons (Fsp3) is 0.435. The molecule has 0 bridgehead atoms. The predicted octanol–water partition coefficient (Wildman–Crippen LogP) is 5.02. The summed E-state index contributed by atoms with van der Waals surface area (Å²) in [4.78, 5) is 14.8. The van der Waals surface area contributed by atoms with Gasteiger partial charge in [0.15, 0.2) is 0 Å². The van der Waals surface area contributed by atoms with Crippen molar-refractivity contribution >= 4 is 29.1 Å². The number of ether oxygens (including phenoxy) is 1. The Bertz CT molecular complexity index is 849. The average molecular weight is 435 g/mol. The summed E-state index contributed by atoms with van der Waals surface area (Å²) in [6, 6.07) is 11.9. The van der Waals surface area contributed by atoms with E-state index in [4.69, 9.17) is 27.9 Å². The molecule has 2 aromatic carbocycles. The van der Waals surface area contributed by atoms with Gasteiger partial charge in [0, 0.05) is 12.5 Å². The first kappa shape index (κ1) is 21.9. The number of halogens is 2. The Hall–Kier alpha value is -1.75. The van der Waals surface area contributed by atoms with E-state index in [-0.39, 0.29) is 11.8 Å². The van der Waals surface area contributed by atoms with Crippen LogP contribution in [0.3, 0.4) is 0 Å². The standard InChI is InChI=1S/C23H28Cl2N2O2/c1-16-3-4-17(2)22(13-16)29-12-9-26-23(28)19-7-10-27(11-8-19)15-18-5-6-20(24)21(25)14-18/h3-6,13-14,19H,7-12,15H2,1-2H3,(H,26,28). The van der Waals surface area contributed by atoms with Gasteiger partial charge in [-0.15, -0.1) is 0 Å². The zero-order valence-electron chi connectivity index (χ0n) is 17.0. The van der Waals surface area contributed by atoms with Gasteiger partial charge in [0.05, 0.1) is 16.6 Å². The second-order valence-electron chi connectivity index (χ2n) is 7.71. The molecule has 1 N–H and O–H groups in total. The minimum absolute atomic E-state index is 0.0701. The van der Waals surface area contributed by atoms with Gasteiger partial charge >= 0.3 is 0 Å². The maximum Gasteiger partial charge on any atom is 0.223 e. The second kappa shape index (κ2) is 10.3. The van der Waals surface area contributed by atoms with E-state index in [2.05, 4.69) is 22.3 Å². The molecule has 0 atom stereocenters. The largest absolute Gasteiger partial charge is 0.491 e. The average Bonchev–Trinajstić information content (AvgIpc) is 2.71. The number of benzene rings is 2. The maximum atomic E-state index is 12.5. The number of nitrogens with zero attached hydrogens (tertiary/aromatic N) is 1. The van der Waals surface area contributed by atoms with Crippen LogP contribution < -0.4 is 10.1 Å². The lowest BCUT2D eigenvalue weighted by molar-refractivity contribution is -0.126. The van der Waals surface area contributed by atoms with Gasteiger partial charge in [0.2, 0.25) is 5.91 Å². The lowest BCUT2D eigenvalue weighted by Crippen LogP contribution is -2.41. The monoisotopic (exact) mass is 434 g/mol. The first-order valence-corrected chi connectivity index (χ1v) is 10.8. The molecule has 0 aromatic heterocycles. The van der Waals surface area contributed by atoms with Crippen LogP contribution >= 0.6 is 23.2 Å². The number of hydrogen-bond donors (Lipinski definition) is 1. The molecule has 0 spiro atoms. The van der Waals surface area contributed by atoms with Crippen molar-refractivity contribution in [2.75, 3.05) is 26.2 Å². The van der Waals surface area contributed by atoms with Gasteiger partial charge in [0.1, 0.15) is 12.4 Å². The molecule has 1 heterocycles. The lowest BCUT2D eigenvalue weighted by atomic mass is 9.95. The van der Waals surface area contributed by atoms with Gasteiger partial charge in [0.25, 0.3) is 0 Å². The van der Waals surface area contributed by atoms with Gasteiger partial charge in [-0.1, -0.05) is 41.4 Å². The van der Waals surface area contributed by atoms with Gasteiger partial charge < -0.3 is 10.1 Å². The number of rotatable bonds is 7. The molecule has 0 radical (unpaired) electrons. The number of hydrogen-bond acceptors (Lipinski definition) is 3. The Kier molecular flexibility index (Phi) is 7.82. The normalized spacial score (nSPS) is 15.3. The minimum atomic E-state index is 0.0701. The third-order valence-corrected chi connectivity index (χ3v) is 6.09. The lowest BCUT2D eigenvalue weighted by Gasteiger charge is -2.31. The van der Waals surface area contributed by atoms with Crippen LogP contribution in [-0.4, -0.2) is 37.0 Å². The molecule has 1 amide bonds. The van der Waals surface area contributed by atoms with Crippen molar-refractivity contribution in [1.29, 1.82) is 0 Å². The van der Waals surface area contributed by atoms with E-state index in [9.17, 15) is 4.79 Å². The van der Waals surface area contributed by atoms with Crippen LogP contribution in [0.2, 0.25) is 10.0 Å². The van der Waals surface area contributed by atoms with Crippen LogP contribution in [0, 0.1) is 19.8 Å². The molecular weight excluding hydrogens is 407 g/mol. The molecule has 1 fully saturated rings. The van der Waals surface area contributed by atoms with Crippen LogP contribution in [0.5, 0.6) is 5.75 Å². The van der Waals surface area contributed by atoms with Gasteiger partial charge in [-0.25, -0.2) is 0 Å². The Balaban J connectivity index is 1.37. The highest BCUT2D eigenvalue weighted by molar-refractivity contribution is 6.42. The third kappa shape index (κ3) is 6.36. The van der Waals surface area contributed by atoms with Crippen molar-refractivity contribution in [2.45, 2.75) is 33.2 Å². The summed E-state index contributed by atoms with van der Waals surface area (Å²) in [6.45, 7) is 7.70. The molecule has 4 nitrogen and oxygen atoms in total. The number of amides is 1. The highest BCUT2D eigenvalue weighted by Crippen LogP contribution is 2.25. The third-order valence-electron chi connectivity index (χ3n) is 5.35. The van der Waals surface area contributed by atoms with Crippen molar-refractivity contribution in [3.05, 3.63) is 63.1 Å². The predicted molar refractivity (Wildman–Crippen MR) is 119 cm³/mol. The molecule has 2 aromatic rings. The summed E-state index contributed by atoms with van der Waals surface area (Å²) in [5, 5.41) is 4.18. The Labute approximate surface area is 183 Å². The summed E-state index contributed by atoms with van der Waals surface area (Å²) < 4.78 is 5.81. The molecule has 6 heteroatoms. The van der Waals surface area contributed by atoms with E-state index in [1.165, 1.54) is 5.56 Å². The molecule has 0 saturated carbocycles. The van der Waals surface area contributed by atoms with E-state index < -0.39 is 0 Å². The summed E-state index contributed by atoms with van der Waals surface area (Å²) in [7, 11) is 0. The van der Waals surface area contributed by atoms with Crippen molar-refractivity contribution in [3.63, 3.8) is 0 Å². The van der Waals surface area contributed by atoms with Gasteiger partial charge in [-0.3, -0.25) is 9.69 Å². The first-order valence-electron chi connectivity index (χ1n) is 10.1. The summed E-state index contributed by atoms with van der Waals surface area (Å²) in [5.74, 6) is 1.08. The van der Waals surface area contributed by atoms with E-state index in [0.717, 1.165) is 49.4 Å². The highest BCUT2D eigenvalue weighted by atomic mass is 35.5. The highest BCUT2D eigenvalue weighted by Gasteiger charge is 2.24. The SMILES string of the molecule is Cc1ccc(C)c(OCCNC(=O)C2CCN(Cc3ccc(Cl)c(Cl)c3)CC2)c1. The Morgan fingerprint density at radius 2 is 1.86 bits per heavy atom. The number of carbonyl (C=O) groups excluding carboxylic acids is 1. The minimum Gasteiger partial charge on any atom is -0.491 e. The molecule has 1 saturated heterocycles. The van der Waals surface area contributed by atoms with E-state index in [1.54, 1.807) is 0 Å². The van der Waals surface area contributed by atoms with Crippen molar-refractivity contribution in [3.8, 4) is 5.75 Å². The quantitative estimate of drug-likeness (QED) is 0.622. The molecular formula is C23H28Cl2N2O2. The molecule has 1 aliphatic rings. The van der Waals surface area contributed by atoms with Crippen LogP contribution in [0.15, 0.2) is 36.4 Å². The van der Waals surface area contributed by atoms with E-state index >= 15 is 0 Å². The molecule has 156 valence electrons. The number of carbonyl (C=O) groups is 1. The van der Waals surface area contributed by atoms with E-state index in [1.807, 2.05) is 38.1 Å². The molecule has 29 heavy (non-hydrogen) atoms. The second-order valence-corrected chi connectivity index (χ2v) is 8.52. The number of piperidine rings is 1. The topological polar surface area (TPSA) is 41.6 Å². The van der Waals surface area contributed by atoms with Crippen LogP contribution in [0.4, 0.5) is 0 Å². The first-order chi connectivity index (χ1) is 13.9. The molecule has 0 unspecified atom stereocenters. The molecule has 0 aliphatic carbocycles. The number of nitrogens with one attached hydrogen (secondary N) is 1. The number of likely N-dealkylation sites (tertiary alicyclic amines) is 1. The van der Waals surface area contributed by atoms with Crippen LogP contribution in [-0.2, 0) is 11.3 Å². The van der Waals surface area contributed by atoms with Crippen molar-refractivity contribution in [2.24, 2.45) is 5.92 Å².